The lowest BCUT2D eigenvalue weighted by molar-refractivity contribution is 0.0945. The first-order valence-electron chi connectivity index (χ1n) is 8.14. The molecule has 0 saturated carbocycles. The second kappa shape index (κ2) is 6.15. The molecular weight excluding hydrogens is 330 g/mol. The molecule has 0 spiro atoms. The van der Waals surface area contributed by atoms with Crippen LogP contribution in [0.3, 0.4) is 0 Å². The Labute approximate surface area is 150 Å². The summed E-state index contributed by atoms with van der Waals surface area (Å²) in [5.41, 5.74) is 2.94. The van der Waals surface area contributed by atoms with Crippen molar-refractivity contribution in [1.29, 1.82) is 0 Å². The molecule has 0 aliphatic heterocycles. The molecule has 0 saturated heterocycles. The number of hydrogen-bond acceptors (Lipinski definition) is 5. The van der Waals surface area contributed by atoms with Crippen molar-refractivity contribution < 1.29 is 14.3 Å². The van der Waals surface area contributed by atoms with Crippen LogP contribution in [0.4, 0.5) is 0 Å². The van der Waals surface area contributed by atoms with Crippen molar-refractivity contribution in [2.75, 3.05) is 14.2 Å². The summed E-state index contributed by atoms with van der Waals surface area (Å²) in [6.45, 7) is 1.52. The number of hydrogen-bond donors (Lipinski definition) is 0. The Balaban J connectivity index is 1.97. The number of rotatable bonds is 3. The zero-order valence-electron chi connectivity index (χ0n) is 14.7. The highest BCUT2D eigenvalue weighted by Crippen LogP contribution is 2.34. The molecule has 0 aliphatic carbocycles. The second-order valence-corrected chi connectivity index (χ2v) is 5.91. The molecule has 0 N–H and O–H groups in total. The van der Waals surface area contributed by atoms with E-state index in [1.807, 2.05) is 48.5 Å². The molecule has 0 atom stereocenters. The number of carbonyl (C=O) groups is 1. The summed E-state index contributed by atoms with van der Waals surface area (Å²) in [5.74, 6) is 1.18. The molecule has 0 aliphatic rings. The van der Waals surface area contributed by atoms with E-state index in [0.29, 0.717) is 22.8 Å². The minimum atomic E-state index is -0.0932. The SMILES string of the molecule is COc1ccc(-c2cc3c4ccccc4n(C(C)=O)c3nn2)cc1OC. The summed E-state index contributed by atoms with van der Waals surface area (Å²) >= 11 is 0. The molecule has 130 valence electrons. The van der Waals surface area contributed by atoms with Gasteiger partial charge in [0.05, 0.1) is 25.4 Å². The Morgan fingerprint density at radius 3 is 2.42 bits per heavy atom. The smallest absolute Gasteiger partial charge is 0.229 e. The Bertz CT molecular complexity index is 1150. The van der Waals surface area contributed by atoms with Crippen LogP contribution in [0.1, 0.15) is 11.7 Å². The molecule has 0 fully saturated rings. The van der Waals surface area contributed by atoms with Gasteiger partial charge in [-0.3, -0.25) is 9.36 Å². The van der Waals surface area contributed by atoms with Gasteiger partial charge in [0.15, 0.2) is 17.1 Å². The third kappa shape index (κ3) is 2.38. The van der Waals surface area contributed by atoms with E-state index < -0.39 is 0 Å². The Kier molecular flexibility index (Phi) is 3.80. The summed E-state index contributed by atoms with van der Waals surface area (Å²) in [7, 11) is 3.19. The lowest BCUT2D eigenvalue weighted by Crippen LogP contribution is -2.06. The summed E-state index contributed by atoms with van der Waals surface area (Å²) in [5, 5.41) is 10.5. The standard InChI is InChI=1S/C20H17N3O3/c1-12(24)23-17-7-5-4-6-14(17)15-11-16(21-22-20(15)23)13-8-9-18(25-2)19(10-13)26-3/h4-11H,1-3H3. The first-order chi connectivity index (χ1) is 12.6. The Morgan fingerprint density at radius 2 is 1.69 bits per heavy atom. The largest absolute Gasteiger partial charge is 0.493 e. The number of benzene rings is 2. The van der Waals surface area contributed by atoms with E-state index in [1.165, 1.54) is 6.92 Å². The van der Waals surface area contributed by atoms with E-state index in [0.717, 1.165) is 21.9 Å². The van der Waals surface area contributed by atoms with Crippen molar-refractivity contribution >= 4 is 27.8 Å². The van der Waals surface area contributed by atoms with Gasteiger partial charge in [-0.25, -0.2) is 0 Å². The van der Waals surface area contributed by atoms with Crippen molar-refractivity contribution in [3.8, 4) is 22.8 Å². The number of fused-ring (bicyclic) bond motifs is 3. The molecule has 0 radical (unpaired) electrons. The van der Waals surface area contributed by atoms with E-state index >= 15 is 0 Å². The zero-order chi connectivity index (χ0) is 18.3. The highest BCUT2D eigenvalue weighted by Gasteiger charge is 2.16. The molecule has 6 heteroatoms. The predicted octanol–water partition coefficient (Wildman–Crippen LogP) is 3.93. The van der Waals surface area contributed by atoms with Crippen LogP contribution >= 0.6 is 0 Å². The molecule has 4 aromatic rings. The van der Waals surface area contributed by atoms with Crippen LogP contribution in [0.15, 0.2) is 48.5 Å². The highest BCUT2D eigenvalue weighted by molar-refractivity contribution is 6.12. The summed E-state index contributed by atoms with van der Waals surface area (Å²) in [6, 6.07) is 15.3. The fourth-order valence-corrected chi connectivity index (χ4v) is 3.21. The Hall–Kier alpha value is -3.41. The molecule has 0 amide bonds. The molecule has 6 nitrogen and oxygen atoms in total. The van der Waals surface area contributed by atoms with Crippen LogP contribution in [0.2, 0.25) is 0 Å². The number of aromatic nitrogens is 3. The first-order valence-corrected chi connectivity index (χ1v) is 8.14. The first kappa shape index (κ1) is 16.1. The van der Waals surface area contributed by atoms with Crippen molar-refractivity contribution in [3.05, 3.63) is 48.5 Å². The average Bonchev–Trinajstić information content (AvgIpc) is 3.01. The van der Waals surface area contributed by atoms with E-state index in [-0.39, 0.29) is 5.91 Å². The topological polar surface area (TPSA) is 66.2 Å². The van der Waals surface area contributed by atoms with Crippen LogP contribution < -0.4 is 9.47 Å². The number of nitrogens with zero attached hydrogens (tertiary/aromatic N) is 3. The molecule has 0 bridgehead atoms. The van der Waals surface area contributed by atoms with Crippen LogP contribution in [0.25, 0.3) is 33.2 Å². The average molecular weight is 347 g/mol. The van der Waals surface area contributed by atoms with Gasteiger partial charge in [0.1, 0.15) is 0 Å². The molecule has 4 rings (SSSR count). The minimum absolute atomic E-state index is 0.0932. The van der Waals surface area contributed by atoms with E-state index in [9.17, 15) is 4.79 Å². The summed E-state index contributed by atoms with van der Waals surface area (Å²) in [6.07, 6.45) is 0. The van der Waals surface area contributed by atoms with Gasteiger partial charge in [0.2, 0.25) is 5.91 Å². The van der Waals surface area contributed by atoms with Gasteiger partial charge in [-0.15, -0.1) is 10.2 Å². The number of para-hydroxylation sites is 1. The maximum absolute atomic E-state index is 12.1. The lowest BCUT2D eigenvalue weighted by atomic mass is 10.1. The van der Waals surface area contributed by atoms with Crippen LogP contribution in [-0.4, -0.2) is 34.9 Å². The third-order valence-electron chi connectivity index (χ3n) is 4.42. The molecule has 2 aromatic heterocycles. The molecule has 26 heavy (non-hydrogen) atoms. The lowest BCUT2D eigenvalue weighted by Gasteiger charge is -2.09. The maximum Gasteiger partial charge on any atom is 0.229 e. The number of carbonyl (C=O) groups excluding carboxylic acids is 1. The quantitative estimate of drug-likeness (QED) is 0.562. The minimum Gasteiger partial charge on any atom is -0.493 e. The van der Waals surface area contributed by atoms with Gasteiger partial charge in [-0.1, -0.05) is 18.2 Å². The Morgan fingerprint density at radius 1 is 0.923 bits per heavy atom. The molecule has 2 aromatic carbocycles. The second-order valence-electron chi connectivity index (χ2n) is 5.91. The molecule has 2 heterocycles. The normalized spacial score (nSPS) is 11.0. The molecule has 0 unspecified atom stereocenters. The number of ether oxygens (including phenoxy) is 2. The van der Waals surface area contributed by atoms with E-state index in [2.05, 4.69) is 10.2 Å². The fraction of sp³-hybridized carbons (Fsp3) is 0.150. The number of methoxy groups -OCH3 is 2. The van der Waals surface area contributed by atoms with Gasteiger partial charge in [0, 0.05) is 23.3 Å². The van der Waals surface area contributed by atoms with Gasteiger partial charge < -0.3 is 9.47 Å². The van der Waals surface area contributed by atoms with Gasteiger partial charge in [-0.2, -0.15) is 0 Å². The van der Waals surface area contributed by atoms with E-state index in [1.54, 1.807) is 18.8 Å². The van der Waals surface area contributed by atoms with Crippen molar-refractivity contribution in [1.82, 2.24) is 14.8 Å². The monoisotopic (exact) mass is 347 g/mol. The van der Waals surface area contributed by atoms with Crippen molar-refractivity contribution in [2.24, 2.45) is 0 Å². The van der Waals surface area contributed by atoms with Gasteiger partial charge in [-0.05, 0) is 30.3 Å². The summed E-state index contributed by atoms with van der Waals surface area (Å²) in [4.78, 5) is 12.1. The molecular formula is C20H17N3O3. The summed E-state index contributed by atoms with van der Waals surface area (Å²) < 4.78 is 12.2. The van der Waals surface area contributed by atoms with Crippen molar-refractivity contribution in [2.45, 2.75) is 6.92 Å². The zero-order valence-corrected chi connectivity index (χ0v) is 14.7. The van der Waals surface area contributed by atoms with E-state index in [4.69, 9.17) is 9.47 Å². The van der Waals surface area contributed by atoms with Crippen molar-refractivity contribution in [3.63, 3.8) is 0 Å². The third-order valence-corrected chi connectivity index (χ3v) is 4.42. The predicted molar refractivity (Wildman–Crippen MR) is 99.9 cm³/mol. The van der Waals surface area contributed by atoms with Crippen LogP contribution in [-0.2, 0) is 0 Å². The van der Waals surface area contributed by atoms with Crippen LogP contribution in [0.5, 0.6) is 11.5 Å². The van der Waals surface area contributed by atoms with Crippen LogP contribution in [0, 0.1) is 0 Å². The fourth-order valence-electron chi connectivity index (χ4n) is 3.21. The van der Waals surface area contributed by atoms with Gasteiger partial charge in [0.25, 0.3) is 0 Å². The van der Waals surface area contributed by atoms with Gasteiger partial charge >= 0.3 is 0 Å². The maximum atomic E-state index is 12.1. The highest BCUT2D eigenvalue weighted by atomic mass is 16.5.